The molecule has 2 aromatic carbocycles. The highest BCUT2D eigenvalue weighted by Gasteiger charge is 2.22. The van der Waals surface area contributed by atoms with Gasteiger partial charge in [0.25, 0.3) is 0 Å². The average molecular weight is 300 g/mol. The summed E-state index contributed by atoms with van der Waals surface area (Å²) in [5, 5.41) is 13.8. The van der Waals surface area contributed by atoms with E-state index in [-0.39, 0.29) is 11.3 Å². The first-order valence-electron chi connectivity index (χ1n) is 6.76. The third kappa shape index (κ3) is 2.24. The van der Waals surface area contributed by atoms with Crippen LogP contribution in [-0.4, -0.2) is 14.9 Å². The SMILES string of the molecule is Cc1c(-c2c(F)cccc2F)c(-c2ccc(O)cc2)nn1C. The molecule has 0 bridgehead atoms. The minimum atomic E-state index is -0.629. The molecular formula is C17H14F2N2O. The lowest BCUT2D eigenvalue weighted by Gasteiger charge is -2.07. The van der Waals surface area contributed by atoms with E-state index in [1.807, 2.05) is 0 Å². The largest absolute Gasteiger partial charge is 0.508 e. The Bertz CT molecular complexity index is 818. The maximum atomic E-state index is 14.2. The molecule has 0 radical (unpaired) electrons. The summed E-state index contributed by atoms with van der Waals surface area (Å²) in [7, 11) is 1.72. The summed E-state index contributed by atoms with van der Waals surface area (Å²) < 4.78 is 29.9. The Morgan fingerprint density at radius 2 is 1.55 bits per heavy atom. The second-order valence-electron chi connectivity index (χ2n) is 5.08. The number of benzene rings is 2. The van der Waals surface area contributed by atoms with Crippen LogP contribution in [0, 0.1) is 18.6 Å². The lowest BCUT2D eigenvalue weighted by molar-refractivity contribution is 0.475. The summed E-state index contributed by atoms with van der Waals surface area (Å²) in [6.45, 7) is 1.76. The van der Waals surface area contributed by atoms with Crippen LogP contribution >= 0.6 is 0 Å². The zero-order valence-corrected chi connectivity index (χ0v) is 12.1. The third-order valence-corrected chi connectivity index (χ3v) is 3.69. The zero-order valence-electron chi connectivity index (χ0n) is 12.1. The standard InChI is InChI=1S/C17H14F2N2O/c1-10-15(16-13(18)4-3-5-14(16)19)17(20-21(10)2)11-6-8-12(22)9-7-11/h3-9,22H,1-2H3. The average Bonchev–Trinajstić information content (AvgIpc) is 2.76. The van der Waals surface area contributed by atoms with Crippen LogP contribution in [0.15, 0.2) is 42.5 Å². The number of rotatable bonds is 2. The van der Waals surface area contributed by atoms with E-state index < -0.39 is 11.6 Å². The fourth-order valence-electron chi connectivity index (χ4n) is 2.47. The van der Waals surface area contributed by atoms with Crippen molar-refractivity contribution in [3.63, 3.8) is 0 Å². The van der Waals surface area contributed by atoms with Gasteiger partial charge in [0.05, 0.1) is 5.56 Å². The number of aryl methyl sites for hydroxylation is 1. The van der Waals surface area contributed by atoms with Gasteiger partial charge < -0.3 is 5.11 Å². The zero-order chi connectivity index (χ0) is 15.9. The van der Waals surface area contributed by atoms with Gasteiger partial charge >= 0.3 is 0 Å². The summed E-state index contributed by atoms with van der Waals surface area (Å²) in [6, 6.07) is 10.2. The molecule has 0 saturated carbocycles. The summed E-state index contributed by atoms with van der Waals surface area (Å²) in [5.41, 5.74) is 2.15. The number of aromatic hydroxyl groups is 1. The van der Waals surface area contributed by atoms with E-state index in [0.29, 0.717) is 22.5 Å². The van der Waals surface area contributed by atoms with Crippen LogP contribution in [0.3, 0.4) is 0 Å². The van der Waals surface area contributed by atoms with Crippen molar-refractivity contribution in [2.24, 2.45) is 7.05 Å². The quantitative estimate of drug-likeness (QED) is 0.775. The van der Waals surface area contributed by atoms with Crippen LogP contribution in [0.4, 0.5) is 8.78 Å². The van der Waals surface area contributed by atoms with Crippen molar-refractivity contribution < 1.29 is 13.9 Å². The molecule has 0 aliphatic carbocycles. The van der Waals surface area contributed by atoms with Gasteiger partial charge in [-0.2, -0.15) is 5.10 Å². The molecular weight excluding hydrogens is 286 g/mol. The smallest absolute Gasteiger partial charge is 0.134 e. The highest BCUT2D eigenvalue weighted by molar-refractivity contribution is 5.83. The van der Waals surface area contributed by atoms with Crippen LogP contribution in [0.25, 0.3) is 22.4 Å². The summed E-state index contributed by atoms with van der Waals surface area (Å²) in [6.07, 6.45) is 0. The van der Waals surface area contributed by atoms with E-state index in [1.165, 1.54) is 30.3 Å². The van der Waals surface area contributed by atoms with Crippen molar-refractivity contribution in [2.45, 2.75) is 6.92 Å². The number of hydrogen-bond acceptors (Lipinski definition) is 2. The fourth-order valence-corrected chi connectivity index (χ4v) is 2.47. The fraction of sp³-hybridized carbons (Fsp3) is 0.118. The van der Waals surface area contributed by atoms with Crippen molar-refractivity contribution in [3.05, 3.63) is 59.8 Å². The maximum absolute atomic E-state index is 14.2. The Labute approximate surface area is 126 Å². The van der Waals surface area contributed by atoms with E-state index in [4.69, 9.17) is 0 Å². The maximum Gasteiger partial charge on any atom is 0.134 e. The molecule has 0 amide bonds. The van der Waals surface area contributed by atoms with Gasteiger partial charge in [0, 0.05) is 23.9 Å². The Kier molecular flexibility index (Phi) is 3.41. The second-order valence-corrected chi connectivity index (χ2v) is 5.08. The lowest BCUT2D eigenvalue weighted by atomic mass is 9.98. The van der Waals surface area contributed by atoms with Gasteiger partial charge in [0.1, 0.15) is 23.1 Å². The van der Waals surface area contributed by atoms with E-state index in [9.17, 15) is 13.9 Å². The Morgan fingerprint density at radius 1 is 0.955 bits per heavy atom. The Morgan fingerprint density at radius 3 is 2.14 bits per heavy atom. The molecule has 1 heterocycles. The van der Waals surface area contributed by atoms with Gasteiger partial charge in [-0.25, -0.2) is 8.78 Å². The van der Waals surface area contributed by atoms with Crippen LogP contribution < -0.4 is 0 Å². The molecule has 1 aromatic heterocycles. The van der Waals surface area contributed by atoms with E-state index in [1.54, 1.807) is 30.8 Å². The molecule has 0 saturated heterocycles. The van der Waals surface area contributed by atoms with Gasteiger partial charge in [0.2, 0.25) is 0 Å². The van der Waals surface area contributed by atoms with Crippen LogP contribution in [0.5, 0.6) is 5.75 Å². The number of phenolic OH excluding ortho intramolecular Hbond substituents is 1. The van der Waals surface area contributed by atoms with Crippen LogP contribution in [0.1, 0.15) is 5.69 Å². The molecule has 3 nitrogen and oxygen atoms in total. The minimum Gasteiger partial charge on any atom is -0.508 e. The number of nitrogens with zero attached hydrogens (tertiary/aromatic N) is 2. The lowest BCUT2D eigenvalue weighted by Crippen LogP contribution is -1.94. The van der Waals surface area contributed by atoms with Crippen LogP contribution in [0.2, 0.25) is 0 Å². The number of halogens is 2. The van der Waals surface area contributed by atoms with Crippen molar-refractivity contribution in [3.8, 4) is 28.1 Å². The summed E-state index contributed by atoms with van der Waals surface area (Å²) >= 11 is 0. The van der Waals surface area contributed by atoms with Crippen molar-refractivity contribution in [2.75, 3.05) is 0 Å². The first-order valence-corrected chi connectivity index (χ1v) is 6.76. The predicted octanol–water partition coefficient (Wildman–Crippen LogP) is 4.05. The molecule has 112 valence electrons. The number of phenols is 1. The molecule has 0 aliphatic rings. The molecule has 5 heteroatoms. The Balaban J connectivity index is 2.30. The monoisotopic (exact) mass is 300 g/mol. The minimum absolute atomic E-state index is 0.0869. The van der Waals surface area contributed by atoms with Gasteiger partial charge in [-0.3, -0.25) is 4.68 Å². The third-order valence-electron chi connectivity index (χ3n) is 3.69. The van der Waals surface area contributed by atoms with Gasteiger partial charge in [0.15, 0.2) is 0 Å². The van der Waals surface area contributed by atoms with Gasteiger partial charge in [-0.05, 0) is 43.3 Å². The summed E-state index contributed by atoms with van der Waals surface area (Å²) in [4.78, 5) is 0. The topological polar surface area (TPSA) is 38.1 Å². The molecule has 22 heavy (non-hydrogen) atoms. The predicted molar refractivity (Wildman–Crippen MR) is 80.4 cm³/mol. The first-order chi connectivity index (χ1) is 10.5. The van der Waals surface area contributed by atoms with E-state index in [2.05, 4.69) is 5.10 Å². The van der Waals surface area contributed by atoms with E-state index in [0.717, 1.165) is 0 Å². The normalized spacial score (nSPS) is 10.9. The highest BCUT2D eigenvalue weighted by Crippen LogP contribution is 2.37. The summed E-state index contributed by atoms with van der Waals surface area (Å²) in [5.74, 6) is -1.14. The van der Waals surface area contributed by atoms with Crippen LogP contribution in [-0.2, 0) is 7.05 Å². The van der Waals surface area contributed by atoms with Crippen molar-refractivity contribution in [1.82, 2.24) is 9.78 Å². The van der Waals surface area contributed by atoms with Gasteiger partial charge in [-0.15, -0.1) is 0 Å². The first kappa shape index (κ1) is 14.3. The second kappa shape index (κ2) is 5.26. The molecule has 3 aromatic rings. The van der Waals surface area contributed by atoms with E-state index >= 15 is 0 Å². The molecule has 1 N–H and O–H groups in total. The molecule has 3 rings (SSSR count). The number of aromatic nitrogens is 2. The molecule has 0 fully saturated rings. The molecule has 0 spiro atoms. The van der Waals surface area contributed by atoms with Crippen molar-refractivity contribution in [1.29, 1.82) is 0 Å². The Hall–Kier alpha value is -2.69. The number of hydrogen-bond donors (Lipinski definition) is 1. The van der Waals surface area contributed by atoms with Crippen molar-refractivity contribution >= 4 is 0 Å². The molecule has 0 aliphatic heterocycles. The van der Waals surface area contributed by atoms with Gasteiger partial charge in [-0.1, -0.05) is 6.07 Å². The molecule has 0 atom stereocenters. The molecule has 0 unspecified atom stereocenters. The highest BCUT2D eigenvalue weighted by atomic mass is 19.1.